The first-order chi connectivity index (χ1) is 6.86. The molecule has 0 bridgehead atoms. The van der Waals surface area contributed by atoms with E-state index < -0.39 is 11.7 Å². The van der Waals surface area contributed by atoms with Crippen molar-refractivity contribution in [1.29, 1.82) is 5.26 Å². The van der Waals surface area contributed by atoms with Gasteiger partial charge in [-0.15, -0.1) is 0 Å². The number of rotatable bonds is 1. The lowest BCUT2D eigenvalue weighted by Gasteiger charge is -2.12. The molecule has 0 aromatic heterocycles. The highest BCUT2D eigenvalue weighted by atomic mass is 79.9. The fourth-order valence-corrected chi connectivity index (χ4v) is 2.16. The topological polar surface area (TPSA) is 23.8 Å². The largest absolute Gasteiger partial charge is 0.417 e. The van der Waals surface area contributed by atoms with Crippen molar-refractivity contribution in [3.05, 3.63) is 32.2 Å². The summed E-state index contributed by atoms with van der Waals surface area (Å²) in [6.45, 7) is 0. The highest BCUT2D eigenvalue weighted by molar-refractivity contribution is 9.11. The van der Waals surface area contributed by atoms with Crippen LogP contribution in [-0.2, 0) is 12.6 Å². The summed E-state index contributed by atoms with van der Waals surface area (Å²) < 4.78 is 37.8. The van der Waals surface area contributed by atoms with E-state index in [1.807, 2.05) is 6.07 Å². The SMILES string of the molecule is N#CCc1cc(Br)cc(C(F)(F)F)c1Br. The summed E-state index contributed by atoms with van der Waals surface area (Å²) in [4.78, 5) is 0. The van der Waals surface area contributed by atoms with Crippen LogP contribution in [0.15, 0.2) is 21.1 Å². The molecular formula is C9H4Br2F3N. The fourth-order valence-electron chi connectivity index (χ4n) is 1.07. The molecule has 0 spiro atoms. The number of nitriles is 1. The predicted molar refractivity (Wildman–Crippen MR) is 56.2 cm³/mol. The summed E-state index contributed by atoms with van der Waals surface area (Å²) in [5.41, 5.74) is -0.457. The maximum absolute atomic E-state index is 12.5. The Labute approximate surface area is 101 Å². The predicted octanol–water partition coefficient (Wildman–Crippen LogP) is 4.30. The Morgan fingerprint density at radius 1 is 1.27 bits per heavy atom. The maximum atomic E-state index is 12.5. The Hall–Kier alpha value is -0.540. The van der Waals surface area contributed by atoms with Crippen molar-refractivity contribution in [2.45, 2.75) is 12.6 Å². The summed E-state index contributed by atoms with van der Waals surface area (Å²) in [5.74, 6) is 0. The second-order valence-corrected chi connectivity index (χ2v) is 4.47. The molecule has 0 saturated heterocycles. The van der Waals surface area contributed by atoms with Gasteiger partial charge in [-0.2, -0.15) is 18.4 Å². The third kappa shape index (κ3) is 2.95. The quantitative estimate of drug-likeness (QED) is 0.746. The van der Waals surface area contributed by atoms with Crippen LogP contribution >= 0.6 is 31.9 Å². The maximum Gasteiger partial charge on any atom is 0.417 e. The molecule has 0 unspecified atom stereocenters. The number of nitrogens with zero attached hydrogens (tertiary/aromatic N) is 1. The number of halogens is 5. The van der Waals surface area contributed by atoms with Gasteiger partial charge in [0.1, 0.15) is 0 Å². The summed E-state index contributed by atoms with van der Waals surface area (Å²) in [6.07, 6.45) is -4.49. The molecule has 0 aliphatic carbocycles. The van der Waals surface area contributed by atoms with Gasteiger partial charge in [0, 0.05) is 8.95 Å². The fraction of sp³-hybridized carbons (Fsp3) is 0.222. The Bertz CT molecular complexity index is 421. The van der Waals surface area contributed by atoms with E-state index in [9.17, 15) is 13.2 Å². The van der Waals surface area contributed by atoms with Crippen LogP contribution in [-0.4, -0.2) is 0 Å². The van der Waals surface area contributed by atoms with Crippen LogP contribution in [0.25, 0.3) is 0 Å². The number of benzene rings is 1. The van der Waals surface area contributed by atoms with E-state index >= 15 is 0 Å². The van der Waals surface area contributed by atoms with Crippen molar-refractivity contribution in [2.75, 3.05) is 0 Å². The molecule has 0 atom stereocenters. The van der Waals surface area contributed by atoms with Gasteiger partial charge in [-0.3, -0.25) is 0 Å². The molecule has 0 N–H and O–H groups in total. The van der Waals surface area contributed by atoms with Crippen molar-refractivity contribution in [1.82, 2.24) is 0 Å². The molecule has 80 valence electrons. The highest BCUT2D eigenvalue weighted by Crippen LogP contribution is 2.38. The number of alkyl halides is 3. The molecule has 6 heteroatoms. The Morgan fingerprint density at radius 3 is 2.33 bits per heavy atom. The van der Waals surface area contributed by atoms with Crippen LogP contribution in [0.2, 0.25) is 0 Å². The second-order valence-electron chi connectivity index (χ2n) is 2.76. The standard InChI is InChI=1S/C9H4Br2F3N/c10-6-3-5(1-2-15)8(11)7(4-6)9(12,13)14/h3-4H,1H2. The lowest BCUT2D eigenvalue weighted by Crippen LogP contribution is -2.07. The van der Waals surface area contributed by atoms with Gasteiger partial charge in [0.25, 0.3) is 0 Å². The first kappa shape index (κ1) is 12.5. The second kappa shape index (κ2) is 4.54. The molecule has 1 rings (SSSR count). The van der Waals surface area contributed by atoms with Crippen molar-refractivity contribution < 1.29 is 13.2 Å². The van der Waals surface area contributed by atoms with E-state index in [2.05, 4.69) is 31.9 Å². The van der Waals surface area contributed by atoms with Crippen LogP contribution in [0, 0.1) is 11.3 Å². The molecule has 1 nitrogen and oxygen atoms in total. The summed E-state index contributed by atoms with van der Waals surface area (Å²) in [6, 6.07) is 4.28. The van der Waals surface area contributed by atoms with Gasteiger partial charge < -0.3 is 0 Å². The van der Waals surface area contributed by atoms with E-state index in [0.717, 1.165) is 6.07 Å². The van der Waals surface area contributed by atoms with Gasteiger partial charge in [0.2, 0.25) is 0 Å². The van der Waals surface area contributed by atoms with Gasteiger partial charge in [-0.1, -0.05) is 15.9 Å². The summed E-state index contributed by atoms with van der Waals surface area (Å²) in [7, 11) is 0. The zero-order chi connectivity index (χ0) is 11.6. The van der Waals surface area contributed by atoms with Gasteiger partial charge in [0.05, 0.1) is 18.1 Å². The molecule has 0 saturated carbocycles. The third-order valence-corrected chi connectivity index (χ3v) is 3.08. The lowest BCUT2D eigenvalue weighted by molar-refractivity contribution is -0.138. The van der Waals surface area contributed by atoms with Crippen LogP contribution in [0.5, 0.6) is 0 Å². The van der Waals surface area contributed by atoms with E-state index in [-0.39, 0.29) is 10.9 Å². The van der Waals surface area contributed by atoms with Crippen molar-refractivity contribution in [2.24, 2.45) is 0 Å². The lowest BCUT2D eigenvalue weighted by atomic mass is 10.1. The monoisotopic (exact) mass is 341 g/mol. The average Bonchev–Trinajstić information content (AvgIpc) is 2.09. The molecule has 0 fully saturated rings. The Balaban J connectivity index is 3.36. The number of hydrogen-bond acceptors (Lipinski definition) is 1. The Kier molecular flexibility index (Phi) is 3.79. The van der Waals surface area contributed by atoms with Crippen LogP contribution in [0.1, 0.15) is 11.1 Å². The zero-order valence-electron chi connectivity index (χ0n) is 7.20. The molecule has 1 aromatic carbocycles. The molecular weight excluding hydrogens is 339 g/mol. The molecule has 15 heavy (non-hydrogen) atoms. The first-order valence-electron chi connectivity index (χ1n) is 3.78. The molecule has 1 aromatic rings. The van der Waals surface area contributed by atoms with E-state index in [1.165, 1.54) is 6.07 Å². The Morgan fingerprint density at radius 2 is 1.87 bits per heavy atom. The molecule has 0 radical (unpaired) electrons. The highest BCUT2D eigenvalue weighted by Gasteiger charge is 2.34. The van der Waals surface area contributed by atoms with Crippen LogP contribution < -0.4 is 0 Å². The molecule has 0 amide bonds. The van der Waals surface area contributed by atoms with Crippen molar-refractivity contribution >= 4 is 31.9 Å². The van der Waals surface area contributed by atoms with E-state index in [1.54, 1.807) is 0 Å². The molecule has 0 aliphatic rings. The molecule has 0 heterocycles. The van der Waals surface area contributed by atoms with Gasteiger partial charge in [-0.25, -0.2) is 0 Å². The van der Waals surface area contributed by atoms with E-state index in [0.29, 0.717) is 10.0 Å². The zero-order valence-corrected chi connectivity index (χ0v) is 10.4. The third-order valence-electron chi connectivity index (χ3n) is 1.69. The van der Waals surface area contributed by atoms with Gasteiger partial charge >= 0.3 is 6.18 Å². The summed E-state index contributed by atoms with van der Waals surface area (Å²) in [5, 5.41) is 8.46. The minimum atomic E-state index is -4.42. The van der Waals surface area contributed by atoms with E-state index in [4.69, 9.17) is 5.26 Å². The van der Waals surface area contributed by atoms with Crippen LogP contribution in [0.4, 0.5) is 13.2 Å². The average molecular weight is 343 g/mol. The normalized spacial score (nSPS) is 11.2. The van der Waals surface area contributed by atoms with Crippen molar-refractivity contribution in [3.63, 3.8) is 0 Å². The minimum absolute atomic E-state index is 0.0664. The first-order valence-corrected chi connectivity index (χ1v) is 5.37. The number of hydrogen-bond donors (Lipinski definition) is 0. The van der Waals surface area contributed by atoms with Gasteiger partial charge in [-0.05, 0) is 33.6 Å². The summed E-state index contributed by atoms with van der Waals surface area (Å²) >= 11 is 5.84. The minimum Gasteiger partial charge on any atom is -0.198 e. The van der Waals surface area contributed by atoms with Crippen LogP contribution in [0.3, 0.4) is 0 Å². The molecule has 0 aliphatic heterocycles. The van der Waals surface area contributed by atoms with Crippen molar-refractivity contribution in [3.8, 4) is 6.07 Å². The van der Waals surface area contributed by atoms with Gasteiger partial charge in [0.15, 0.2) is 0 Å². The smallest absolute Gasteiger partial charge is 0.198 e.